The van der Waals surface area contributed by atoms with Gasteiger partial charge in [-0.05, 0) is 23.8 Å². The quantitative estimate of drug-likeness (QED) is 0.488. The minimum absolute atomic E-state index is 0. The van der Waals surface area contributed by atoms with Crippen LogP contribution in [-0.2, 0) is 6.42 Å². The fourth-order valence-electron chi connectivity index (χ4n) is 1.78. The molecule has 4 heteroatoms. The molecule has 0 amide bonds. The zero-order valence-electron chi connectivity index (χ0n) is 12.3. The Kier molecular flexibility index (Phi) is 8.80. The molecule has 108 valence electrons. The summed E-state index contributed by atoms with van der Waals surface area (Å²) in [6, 6.07) is 10.6. The Morgan fingerprint density at radius 3 is 2.26 bits per heavy atom. The molecule has 1 aromatic rings. The average Bonchev–Trinajstić information content (AvgIpc) is 2.34. The van der Waals surface area contributed by atoms with Crippen LogP contribution >= 0.6 is 24.0 Å². The third kappa shape index (κ3) is 6.80. The fourth-order valence-corrected chi connectivity index (χ4v) is 1.78. The first-order valence-corrected chi connectivity index (χ1v) is 6.52. The summed E-state index contributed by atoms with van der Waals surface area (Å²) in [6.45, 7) is 5.28. The van der Waals surface area contributed by atoms with Crippen LogP contribution in [0.15, 0.2) is 35.3 Å². The lowest BCUT2D eigenvalue weighted by Crippen LogP contribution is -2.31. The molecule has 1 atom stereocenters. The van der Waals surface area contributed by atoms with Gasteiger partial charge < -0.3 is 10.6 Å². The van der Waals surface area contributed by atoms with E-state index in [4.69, 9.17) is 5.73 Å². The molecule has 0 bridgehead atoms. The highest BCUT2D eigenvalue weighted by atomic mass is 127. The van der Waals surface area contributed by atoms with Crippen molar-refractivity contribution >= 4 is 29.9 Å². The highest BCUT2D eigenvalue weighted by Gasteiger charge is 2.14. The van der Waals surface area contributed by atoms with Crippen LogP contribution in [0.4, 0.5) is 0 Å². The first kappa shape index (κ1) is 18.2. The number of rotatable bonds is 5. The number of hydrogen-bond donors (Lipinski definition) is 1. The molecule has 0 aromatic heterocycles. The molecule has 0 fully saturated rings. The van der Waals surface area contributed by atoms with Gasteiger partial charge in [-0.3, -0.25) is 4.99 Å². The maximum Gasteiger partial charge on any atom is 0.190 e. The molecule has 19 heavy (non-hydrogen) atoms. The molecule has 3 nitrogen and oxygen atoms in total. The summed E-state index contributed by atoms with van der Waals surface area (Å²) >= 11 is 0. The molecule has 1 aromatic carbocycles. The number of benzene rings is 1. The second-order valence-corrected chi connectivity index (χ2v) is 5.29. The van der Waals surface area contributed by atoms with E-state index in [0.29, 0.717) is 17.8 Å². The zero-order valence-corrected chi connectivity index (χ0v) is 14.7. The van der Waals surface area contributed by atoms with Gasteiger partial charge in [0.05, 0.1) is 0 Å². The molecule has 0 radical (unpaired) electrons. The molecule has 1 rings (SSSR count). The lowest BCUT2D eigenvalue weighted by molar-refractivity contribution is 0.391. The lowest BCUT2D eigenvalue weighted by atomic mass is 9.89. The van der Waals surface area contributed by atoms with Crippen LogP contribution in [-0.4, -0.2) is 31.5 Å². The highest BCUT2D eigenvalue weighted by molar-refractivity contribution is 14.0. The molecule has 1 unspecified atom stereocenters. The Hall–Kier alpha value is -0.780. The number of hydrogen-bond acceptors (Lipinski definition) is 1. The number of nitrogens with zero attached hydrogens (tertiary/aromatic N) is 2. The van der Waals surface area contributed by atoms with Crippen LogP contribution in [0, 0.1) is 11.8 Å². The van der Waals surface area contributed by atoms with Crippen molar-refractivity contribution in [1.29, 1.82) is 0 Å². The van der Waals surface area contributed by atoms with Gasteiger partial charge in [-0.1, -0.05) is 44.2 Å². The summed E-state index contributed by atoms with van der Waals surface area (Å²) in [6.07, 6.45) is 1.06. The van der Waals surface area contributed by atoms with Crippen molar-refractivity contribution in [3.8, 4) is 0 Å². The Bertz CT molecular complexity index is 374. The number of halogens is 1. The summed E-state index contributed by atoms with van der Waals surface area (Å²) in [7, 11) is 3.83. The van der Waals surface area contributed by atoms with E-state index in [1.807, 2.05) is 19.0 Å². The van der Waals surface area contributed by atoms with E-state index in [2.05, 4.69) is 49.2 Å². The highest BCUT2D eigenvalue weighted by Crippen LogP contribution is 2.17. The van der Waals surface area contributed by atoms with E-state index < -0.39 is 0 Å². The SMILES string of the molecule is CC(C)C(CN=C(N)N(C)C)Cc1ccccc1.I. The number of guanidine groups is 1. The van der Waals surface area contributed by atoms with Crippen LogP contribution in [0.25, 0.3) is 0 Å². The monoisotopic (exact) mass is 375 g/mol. The number of nitrogens with two attached hydrogens (primary N) is 1. The first-order chi connectivity index (χ1) is 8.50. The van der Waals surface area contributed by atoms with Crippen molar-refractivity contribution < 1.29 is 0 Å². The number of aliphatic imine (C=N–C) groups is 1. The Labute approximate surface area is 134 Å². The minimum atomic E-state index is 0. The predicted octanol–water partition coefficient (Wildman–Crippen LogP) is 3.00. The zero-order chi connectivity index (χ0) is 13.5. The van der Waals surface area contributed by atoms with Crippen LogP contribution < -0.4 is 5.73 Å². The van der Waals surface area contributed by atoms with E-state index in [1.54, 1.807) is 0 Å². The maximum absolute atomic E-state index is 5.83. The molecule has 0 aliphatic rings. The second kappa shape index (κ2) is 9.18. The third-order valence-electron chi connectivity index (χ3n) is 3.23. The Morgan fingerprint density at radius 2 is 1.79 bits per heavy atom. The van der Waals surface area contributed by atoms with E-state index >= 15 is 0 Å². The van der Waals surface area contributed by atoms with Gasteiger partial charge in [0.1, 0.15) is 0 Å². The van der Waals surface area contributed by atoms with Gasteiger partial charge in [0.2, 0.25) is 0 Å². The van der Waals surface area contributed by atoms with E-state index in [-0.39, 0.29) is 24.0 Å². The minimum Gasteiger partial charge on any atom is -0.370 e. The normalized spacial score (nSPS) is 13.0. The average molecular weight is 375 g/mol. The molecule has 0 heterocycles. The van der Waals surface area contributed by atoms with Gasteiger partial charge in [-0.2, -0.15) is 0 Å². The second-order valence-electron chi connectivity index (χ2n) is 5.29. The lowest BCUT2D eigenvalue weighted by Gasteiger charge is -2.20. The fraction of sp³-hybridized carbons (Fsp3) is 0.533. The van der Waals surface area contributed by atoms with Gasteiger partial charge >= 0.3 is 0 Å². The van der Waals surface area contributed by atoms with Crippen LogP contribution in [0.2, 0.25) is 0 Å². The summed E-state index contributed by atoms with van der Waals surface area (Å²) in [5.74, 6) is 1.74. The van der Waals surface area contributed by atoms with Crippen molar-refractivity contribution in [2.45, 2.75) is 20.3 Å². The molecule has 0 spiro atoms. The standard InChI is InChI=1S/C15H25N3.HI/c1-12(2)14(11-17-15(16)18(3)4)10-13-8-6-5-7-9-13;/h5-9,12,14H,10-11H2,1-4H3,(H2,16,17);1H. The van der Waals surface area contributed by atoms with E-state index in [0.717, 1.165) is 13.0 Å². The van der Waals surface area contributed by atoms with Gasteiger partial charge in [-0.15, -0.1) is 24.0 Å². The third-order valence-corrected chi connectivity index (χ3v) is 3.23. The molecule has 0 aliphatic carbocycles. The predicted molar refractivity (Wildman–Crippen MR) is 94.1 cm³/mol. The van der Waals surface area contributed by atoms with Gasteiger partial charge in [-0.25, -0.2) is 0 Å². The Morgan fingerprint density at radius 1 is 1.21 bits per heavy atom. The molecular formula is C15H26IN3. The van der Waals surface area contributed by atoms with Gasteiger partial charge in [0, 0.05) is 20.6 Å². The maximum atomic E-state index is 5.83. The topological polar surface area (TPSA) is 41.6 Å². The van der Waals surface area contributed by atoms with Crippen molar-refractivity contribution in [2.75, 3.05) is 20.6 Å². The summed E-state index contributed by atoms with van der Waals surface area (Å²) < 4.78 is 0. The summed E-state index contributed by atoms with van der Waals surface area (Å²) in [5, 5.41) is 0. The van der Waals surface area contributed by atoms with Crippen LogP contribution in [0.3, 0.4) is 0 Å². The van der Waals surface area contributed by atoms with Crippen molar-refractivity contribution in [1.82, 2.24) is 4.90 Å². The van der Waals surface area contributed by atoms with Crippen molar-refractivity contribution in [2.24, 2.45) is 22.6 Å². The molecule has 2 N–H and O–H groups in total. The van der Waals surface area contributed by atoms with E-state index in [9.17, 15) is 0 Å². The van der Waals surface area contributed by atoms with Crippen molar-refractivity contribution in [3.05, 3.63) is 35.9 Å². The van der Waals surface area contributed by atoms with Crippen molar-refractivity contribution in [3.63, 3.8) is 0 Å². The first-order valence-electron chi connectivity index (χ1n) is 6.52. The van der Waals surface area contributed by atoms with Crippen LogP contribution in [0.1, 0.15) is 19.4 Å². The largest absolute Gasteiger partial charge is 0.370 e. The van der Waals surface area contributed by atoms with Gasteiger partial charge in [0.15, 0.2) is 5.96 Å². The molecule has 0 aliphatic heterocycles. The molecule has 0 saturated heterocycles. The molecular weight excluding hydrogens is 349 g/mol. The van der Waals surface area contributed by atoms with Crippen LogP contribution in [0.5, 0.6) is 0 Å². The Balaban J connectivity index is 0.00000324. The van der Waals surface area contributed by atoms with Gasteiger partial charge in [0.25, 0.3) is 0 Å². The summed E-state index contributed by atoms with van der Waals surface area (Å²) in [4.78, 5) is 6.31. The smallest absolute Gasteiger partial charge is 0.190 e. The van der Waals surface area contributed by atoms with E-state index in [1.165, 1.54) is 5.56 Å². The summed E-state index contributed by atoms with van der Waals surface area (Å²) in [5.41, 5.74) is 7.20. The molecule has 0 saturated carbocycles.